The number of aryl methyl sites for hydroxylation is 2. The summed E-state index contributed by atoms with van der Waals surface area (Å²) < 4.78 is 0. The van der Waals surface area contributed by atoms with E-state index in [1.165, 1.54) is 17.7 Å². The van der Waals surface area contributed by atoms with Crippen molar-refractivity contribution in [1.29, 1.82) is 0 Å². The fourth-order valence-corrected chi connectivity index (χ4v) is 3.43. The smallest absolute Gasteiger partial charge is 0.271 e. The molecule has 140 valence electrons. The van der Waals surface area contributed by atoms with Crippen LogP contribution in [0.3, 0.4) is 0 Å². The summed E-state index contributed by atoms with van der Waals surface area (Å²) in [5.74, 6) is -0.336. The van der Waals surface area contributed by atoms with Gasteiger partial charge in [-0.1, -0.05) is 42.0 Å². The quantitative estimate of drug-likeness (QED) is 0.512. The first-order valence-electron chi connectivity index (χ1n) is 9.04. The molecule has 6 heteroatoms. The Bertz CT molecular complexity index is 1200. The van der Waals surface area contributed by atoms with Crippen LogP contribution in [0.5, 0.6) is 0 Å². The van der Waals surface area contributed by atoms with Gasteiger partial charge in [-0.05, 0) is 42.7 Å². The van der Waals surface area contributed by atoms with Crippen molar-refractivity contribution < 1.29 is 4.79 Å². The maximum atomic E-state index is 12.3. The van der Waals surface area contributed by atoms with Crippen LogP contribution in [0.1, 0.15) is 27.2 Å². The minimum Gasteiger partial charge on any atom is -0.354 e. The highest BCUT2D eigenvalue weighted by Crippen LogP contribution is 2.32. The van der Waals surface area contributed by atoms with Gasteiger partial charge in [0.1, 0.15) is 5.69 Å². The van der Waals surface area contributed by atoms with E-state index in [4.69, 9.17) is 0 Å². The number of nitrogens with one attached hydrogen (secondary N) is 3. The molecule has 2 heterocycles. The fraction of sp³-hybridized carbons (Fsp3) is 0.136. The molecule has 1 amide bonds. The molecule has 2 aromatic heterocycles. The lowest BCUT2D eigenvalue weighted by Gasteiger charge is -2.08. The second kappa shape index (κ2) is 7.15. The molecule has 0 saturated carbocycles. The lowest BCUT2D eigenvalue weighted by Crippen LogP contribution is -2.25. The van der Waals surface area contributed by atoms with Gasteiger partial charge in [-0.15, -0.1) is 0 Å². The fourth-order valence-electron chi connectivity index (χ4n) is 3.43. The molecular formula is C22H20N4O2. The number of hydrogen-bond donors (Lipinski definition) is 3. The molecule has 28 heavy (non-hydrogen) atoms. The molecule has 0 aliphatic rings. The molecule has 0 aliphatic carbocycles. The third-order valence-electron chi connectivity index (χ3n) is 4.81. The lowest BCUT2D eigenvalue weighted by atomic mass is 10.0. The van der Waals surface area contributed by atoms with E-state index in [1.54, 1.807) is 0 Å². The predicted octanol–water partition coefficient (Wildman–Crippen LogP) is 3.47. The van der Waals surface area contributed by atoms with Crippen LogP contribution in [0.15, 0.2) is 59.4 Å². The van der Waals surface area contributed by atoms with Crippen LogP contribution < -0.4 is 10.9 Å². The second-order valence-corrected chi connectivity index (χ2v) is 6.83. The van der Waals surface area contributed by atoms with Crippen molar-refractivity contribution in [2.24, 2.45) is 0 Å². The summed E-state index contributed by atoms with van der Waals surface area (Å²) in [6.07, 6.45) is 0. The number of nitrogens with zero attached hydrogens (tertiary/aromatic N) is 1. The monoisotopic (exact) mass is 372 g/mol. The zero-order valence-electron chi connectivity index (χ0n) is 15.7. The molecule has 0 spiro atoms. The number of benzene rings is 2. The molecule has 4 rings (SSSR count). The van der Waals surface area contributed by atoms with Gasteiger partial charge in [0, 0.05) is 23.7 Å². The molecule has 0 radical (unpaired) electrons. The van der Waals surface area contributed by atoms with Crippen molar-refractivity contribution in [1.82, 2.24) is 20.5 Å². The van der Waals surface area contributed by atoms with Crippen molar-refractivity contribution in [3.63, 3.8) is 0 Å². The van der Waals surface area contributed by atoms with E-state index in [0.29, 0.717) is 6.54 Å². The van der Waals surface area contributed by atoms with Gasteiger partial charge in [-0.3, -0.25) is 9.59 Å². The number of rotatable bonds is 4. The number of amides is 1. The van der Waals surface area contributed by atoms with Crippen LogP contribution in [-0.2, 0) is 6.54 Å². The average molecular weight is 372 g/mol. The molecule has 0 unspecified atom stereocenters. The molecule has 6 nitrogen and oxygen atoms in total. The highest BCUT2D eigenvalue weighted by molar-refractivity contribution is 5.94. The summed E-state index contributed by atoms with van der Waals surface area (Å²) in [4.78, 5) is 27.0. The zero-order chi connectivity index (χ0) is 19.7. The predicted molar refractivity (Wildman–Crippen MR) is 109 cm³/mol. The van der Waals surface area contributed by atoms with Crippen LogP contribution in [-0.4, -0.2) is 21.1 Å². The number of hydrogen-bond acceptors (Lipinski definition) is 3. The third-order valence-corrected chi connectivity index (χ3v) is 4.81. The number of fused-ring (bicyclic) bond motifs is 1. The molecule has 0 atom stereocenters. The van der Waals surface area contributed by atoms with Gasteiger partial charge in [0.05, 0.1) is 5.52 Å². The number of aromatic amines is 2. The summed E-state index contributed by atoms with van der Waals surface area (Å²) >= 11 is 0. The van der Waals surface area contributed by atoms with Crippen molar-refractivity contribution in [3.05, 3.63) is 87.3 Å². The van der Waals surface area contributed by atoms with Crippen molar-refractivity contribution in [3.8, 4) is 11.3 Å². The molecule has 0 aliphatic heterocycles. The van der Waals surface area contributed by atoms with Crippen LogP contribution in [0.25, 0.3) is 22.2 Å². The summed E-state index contributed by atoms with van der Waals surface area (Å²) in [5, 5.41) is 10.1. The Kier molecular flexibility index (Phi) is 4.53. The number of aromatic nitrogens is 3. The standard InChI is InChI=1S/C22H20N4O2/c1-13-10-16(12-23-22(28)18-8-9-19(27)26-25-18)21-17(11-13)14(2)20(24-21)15-6-4-3-5-7-15/h3-11,24H,12H2,1-2H3,(H,23,28)(H,26,27). The average Bonchev–Trinajstić information content (AvgIpc) is 3.04. The van der Waals surface area contributed by atoms with Crippen LogP contribution in [0, 0.1) is 13.8 Å². The first-order chi connectivity index (χ1) is 13.5. The highest BCUT2D eigenvalue weighted by atomic mass is 16.2. The largest absolute Gasteiger partial charge is 0.354 e. The van der Waals surface area contributed by atoms with E-state index in [9.17, 15) is 9.59 Å². The van der Waals surface area contributed by atoms with E-state index in [-0.39, 0.29) is 17.2 Å². The Morgan fingerprint density at radius 2 is 1.86 bits per heavy atom. The van der Waals surface area contributed by atoms with Gasteiger partial charge in [-0.25, -0.2) is 5.10 Å². The molecule has 0 saturated heterocycles. The summed E-state index contributed by atoms with van der Waals surface area (Å²) in [7, 11) is 0. The topological polar surface area (TPSA) is 90.6 Å². The SMILES string of the molecule is Cc1cc(CNC(=O)c2ccc(=O)[nH]n2)c2[nH]c(-c3ccccc3)c(C)c2c1. The highest BCUT2D eigenvalue weighted by Gasteiger charge is 2.14. The Morgan fingerprint density at radius 3 is 2.57 bits per heavy atom. The van der Waals surface area contributed by atoms with Crippen LogP contribution in [0.4, 0.5) is 0 Å². The van der Waals surface area contributed by atoms with E-state index < -0.39 is 0 Å². The molecule has 3 N–H and O–H groups in total. The lowest BCUT2D eigenvalue weighted by molar-refractivity contribution is 0.0945. The number of H-pyrrole nitrogens is 2. The van der Waals surface area contributed by atoms with E-state index in [2.05, 4.69) is 51.7 Å². The van der Waals surface area contributed by atoms with Gasteiger partial charge >= 0.3 is 0 Å². The molecule has 4 aromatic rings. The van der Waals surface area contributed by atoms with Crippen molar-refractivity contribution >= 4 is 16.8 Å². The van der Waals surface area contributed by atoms with Crippen LogP contribution in [0.2, 0.25) is 0 Å². The molecule has 0 bridgehead atoms. The van der Waals surface area contributed by atoms with E-state index in [1.807, 2.05) is 25.1 Å². The van der Waals surface area contributed by atoms with Gasteiger partial charge in [0.2, 0.25) is 0 Å². The minimum atomic E-state index is -0.341. The Balaban J connectivity index is 1.68. The van der Waals surface area contributed by atoms with Gasteiger partial charge in [0.15, 0.2) is 0 Å². The van der Waals surface area contributed by atoms with E-state index >= 15 is 0 Å². The normalized spacial score (nSPS) is 10.9. The first kappa shape index (κ1) is 17.7. The Morgan fingerprint density at radius 1 is 1.07 bits per heavy atom. The van der Waals surface area contributed by atoms with Crippen LogP contribution >= 0.6 is 0 Å². The maximum Gasteiger partial charge on any atom is 0.271 e. The van der Waals surface area contributed by atoms with Crippen molar-refractivity contribution in [2.75, 3.05) is 0 Å². The third kappa shape index (κ3) is 3.32. The minimum absolute atomic E-state index is 0.177. The first-order valence-corrected chi connectivity index (χ1v) is 9.04. The Hall–Kier alpha value is -3.67. The van der Waals surface area contributed by atoms with Gasteiger partial charge < -0.3 is 10.3 Å². The zero-order valence-corrected chi connectivity index (χ0v) is 15.7. The number of carbonyl (C=O) groups excluding carboxylic acids is 1. The summed E-state index contributed by atoms with van der Waals surface area (Å²) in [6.45, 7) is 4.50. The van der Waals surface area contributed by atoms with Gasteiger partial charge in [-0.2, -0.15) is 5.10 Å². The summed E-state index contributed by atoms with van der Waals surface area (Å²) in [6, 6.07) is 17.1. The van der Waals surface area contributed by atoms with Gasteiger partial charge in [0.25, 0.3) is 11.5 Å². The maximum absolute atomic E-state index is 12.3. The molecule has 2 aromatic carbocycles. The van der Waals surface area contributed by atoms with Crippen molar-refractivity contribution in [2.45, 2.75) is 20.4 Å². The number of carbonyl (C=O) groups is 1. The Labute approximate surface area is 161 Å². The van der Waals surface area contributed by atoms with E-state index in [0.717, 1.165) is 33.3 Å². The second-order valence-electron chi connectivity index (χ2n) is 6.83. The summed E-state index contributed by atoms with van der Waals surface area (Å²) in [5.41, 5.74) is 6.36. The molecule has 0 fully saturated rings. The molecular weight excluding hydrogens is 352 g/mol.